The standard InChI is InChI=1S/C53H70N2O10/c1-24-30-15-38(57)44-29-12-10-27-14-35-36(19-48(27,6)31(29)16-39(45(30)44)62-52(24)41(59)21-46(3,4)64-52)54-34-13-26-9-11-28-32(49(26,7)20-37(34)55-35)17-40(58)50(8)33(28)18-43-51(50,61)25(2)53(63-43)42(60)22-47(5,23-56)65-53/h16,18,24-28,30,32,38,40-43,56-61H,9-15,17,19-23H2,1-8H3/t24?,25?,26?,27?,28?,30-,32?,38?,40-,41?,42?,43+,47+,48+,49+,50-,51-,52?,53+/m0/s1. The topological polar surface area (TPSA) is 184 Å². The lowest BCUT2D eigenvalue weighted by Gasteiger charge is -2.61. The molecule has 5 heterocycles. The third-order valence-electron chi connectivity index (χ3n) is 21.4. The highest BCUT2D eigenvalue weighted by Crippen LogP contribution is 2.71. The zero-order valence-electron chi connectivity index (χ0n) is 39.5. The summed E-state index contributed by atoms with van der Waals surface area (Å²) in [6, 6.07) is 2.26. The molecule has 3 saturated heterocycles. The van der Waals surface area contributed by atoms with Crippen LogP contribution in [0.15, 0.2) is 17.7 Å². The minimum Gasteiger partial charge on any atom is -0.459 e. The highest BCUT2D eigenvalue weighted by Gasteiger charge is 2.79. The lowest BCUT2D eigenvalue weighted by molar-refractivity contribution is -0.280. The molecule has 0 amide bonds. The van der Waals surface area contributed by atoms with E-state index in [1.165, 1.54) is 11.1 Å². The maximum absolute atomic E-state index is 12.9. The Labute approximate surface area is 382 Å². The zero-order chi connectivity index (χ0) is 45.6. The number of fused-ring (bicyclic) bond motifs is 13. The summed E-state index contributed by atoms with van der Waals surface area (Å²) in [4.78, 5) is 11.1. The maximum Gasteiger partial charge on any atom is 0.240 e. The molecule has 12 nitrogen and oxygen atoms in total. The molecule has 19 atom stereocenters. The minimum absolute atomic E-state index is 0.0487. The number of hydrogen-bond acceptors (Lipinski definition) is 12. The van der Waals surface area contributed by atoms with Crippen LogP contribution in [0.5, 0.6) is 5.75 Å². The Bertz CT molecular complexity index is 2480. The van der Waals surface area contributed by atoms with Crippen molar-refractivity contribution in [1.29, 1.82) is 0 Å². The lowest BCUT2D eigenvalue weighted by Crippen LogP contribution is -2.64. The molecule has 2 aromatic rings. The summed E-state index contributed by atoms with van der Waals surface area (Å²) in [6.45, 7) is 16.4. The molecule has 6 N–H and O–H groups in total. The molecule has 1 aromatic carbocycles. The molecule has 2 saturated carbocycles. The van der Waals surface area contributed by atoms with Gasteiger partial charge in [-0.2, -0.15) is 0 Å². The molecular weight excluding hydrogens is 825 g/mol. The van der Waals surface area contributed by atoms with Crippen LogP contribution in [0.4, 0.5) is 0 Å². The van der Waals surface area contributed by atoms with Crippen molar-refractivity contribution < 1.29 is 49.6 Å². The summed E-state index contributed by atoms with van der Waals surface area (Å²) in [5, 5.41) is 70.3. The van der Waals surface area contributed by atoms with Crippen molar-refractivity contribution >= 4 is 0 Å². The molecule has 352 valence electrons. The van der Waals surface area contributed by atoms with Crippen LogP contribution in [0.25, 0.3) is 0 Å². The van der Waals surface area contributed by atoms with Gasteiger partial charge in [-0.25, -0.2) is 0 Å². The van der Waals surface area contributed by atoms with Crippen molar-refractivity contribution in [1.82, 2.24) is 9.97 Å². The fraction of sp³-hybridized carbons (Fsp3) is 0.774. The third-order valence-corrected chi connectivity index (χ3v) is 21.4. The first-order chi connectivity index (χ1) is 30.6. The number of aliphatic hydroxyl groups is 6. The van der Waals surface area contributed by atoms with Crippen LogP contribution in [0.3, 0.4) is 0 Å². The van der Waals surface area contributed by atoms with Gasteiger partial charge in [-0.05, 0) is 136 Å². The van der Waals surface area contributed by atoms with Crippen LogP contribution in [-0.2, 0) is 51.7 Å². The van der Waals surface area contributed by atoms with Crippen LogP contribution in [0, 0.1) is 46.3 Å². The zero-order valence-corrected chi connectivity index (χ0v) is 39.5. The van der Waals surface area contributed by atoms with Crippen LogP contribution in [0.1, 0.15) is 157 Å². The van der Waals surface area contributed by atoms with E-state index in [2.05, 4.69) is 32.9 Å². The molecule has 65 heavy (non-hydrogen) atoms. The van der Waals surface area contributed by atoms with Gasteiger partial charge in [-0.3, -0.25) is 9.97 Å². The molecule has 11 aliphatic rings. The first-order valence-corrected chi connectivity index (χ1v) is 25.2. The molecule has 4 aliphatic heterocycles. The summed E-state index contributed by atoms with van der Waals surface area (Å²) in [5.74, 6) is -1.52. The van der Waals surface area contributed by atoms with Gasteiger partial charge in [0.25, 0.3) is 0 Å². The smallest absolute Gasteiger partial charge is 0.240 e. The predicted molar refractivity (Wildman–Crippen MR) is 237 cm³/mol. The van der Waals surface area contributed by atoms with Crippen molar-refractivity contribution in [2.45, 2.75) is 203 Å². The SMILES string of the molecule is CC1[C@@H]2CC(O)c3c4c(cc(c32)OC12OC(C)(C)CC2O)[C@]1(C)Cc2nc3c(nc2CC1CC4)C[C@]1(C)C(CCC2C4=C[C@H]5O[C@@]6(O[C@@](C)(CO)CC6O)C(C)[C@@]5(O)[C@]4(C)[C@@H](O)CC21)C3. The van der Waals surface area contributed by atoms with E-state index in [0.29, 0.717) is 31.1 Å². The second-order valence-electron chi connectivity index (χ2n) is 25.0. The van der Waals surface area contributed by atoms with Crippen molar-refractivity contribution in [3.8, 4) is 5.75 Å². The van der Waals surface area contributed by atoms with Crippen LogP contribution < -0.4 is 4.74 Å². The normalized spacial score (nSPS) is 52.4. The van der Waals surface area contributed by atoms with E-state index >= 15 is 0 Å². The predicted octanol–water partition coefficient (Wildman–Crippen LogP) is 5.35. The Kier molecular flexibility index (Phi) is 8.39. The third kappa shape index (κ3) is 4.96. The van der Waals surface area contributed by atoms with E-state index < -0.39 is 70.2 Å². The number of aliphatic hydroxyl groups excluding tert-OH is 5. The highest BCUT2D eigenvalue weighted by atomic mass is 16.7. The summed E-state index contributed by atoms with van der Waals surface area (Å²) < 4.78 is 26.6. The number of hydrogen-bond donors (Lipinski definition) is 6. The largest absolute Gasteiger partial charge is 0.459 e. The summed E-state index contributed by atoms with van der Waals surface area (Å²) >= 11 is 0. The Morgan fingerprint density at radius 1 is 0.754 bits per heavy atom. The van der Waals surface area contributed by atoms with Crippen molar-refractivity contribution in [2.24, 2.45) is 46.3 Å². The summed E-state index contributed by atoms with van der Waals surface area (Å²) in [6.07, 6.45) is 7.12. The van der Waals surface area contributed by atoms with Crippen molar-refractivity contribution in [3.63, 3.8) is 0 Å². The average molecular weight is 895 g/mol. The summed E-state index contributed by atoms with van der Waals surface area (Å²) in [7, 11) is 0. The van der Waals surface area contributed by atoms with E-state index in [0.717, 1.165) is 96.6 Å². The molecule has 10 unspecified atom stereocenters. The quantitative estimate of drug-likeness (QED) is 0.202. The van der Waals surface area contributed by atoms with Gasteiger partial charge in [0.1, 0.15) is 29.7 Å². The Balaban J connectivity index is 0.811. The van der Waals surface area contributed by atoms with Crippen molar-refractivity contribution in [2.75, 3.05) is 6.61 Å². The van der Waals surface area contributed by atoms with E-state index in [4.69, 9.17) is 28.9 Å². The molecule has 5 fully saturated rings. The minimum atomic E-state index is -1.50. The molecule has 0 radical (unpaired) electrons. The maximum atomic E-state index is 12.9. The molecule has 0 bridgehead atoms. The van der Waals surface area contributed by atoms with Gasteiger partial charge in [0.05, 0.1) is 52.8 Å². The average Bonchev–Trinajstić information content (AvgIpc) is 3.94. The molecule has 12 heteroatoms. The van der Waals surface area contributed by atoms with Gasteiger partial charge in [0, 0.05) is 47.5 Å². The fourth-order valence-corrected chi connectivity index (χ4v) is 17.8. The number of benzene rings is 1. The van der Waals surface area contributed by atoms with Gasteiger partial charge in [0.15, 0.2) is 0 Å². The Hall–Kier alpha value is -2.52. The van der Waals surface area contributed by atoms with Crippen LogP contribution in [0.2, 0.25) is 0 Å². The molecule has 13 rings (SSSR count). The number of ether oxygens (including phenoxy) is 4. The van der Waals surface area contributed by atoms with E-state index in [1.54, 1.807) is 6.92 Å². The van der Waals surface area contributed by atoms with Crippen LogP contribution >= 0.6 is 0 Å². The second kappa shape index (κ2) is 12.8. The van der Waals surface area contributed by atoms with Gasteiger partial charge in [-0.1, -0.05) is 46.3 Å². The van der Waals surface area contributed by atoms with E-state index in [9.17, 15) is 30.6 Å². The van der Waals surface area contributed by atoms with Gasteiger partial charge < -0.3 is 49.6 Å². The fourth-order valence-electron chi connectivity index (χ4n) is 17.8. The monoisotopic (exact) mass is 895 g/mol. The number of aromatic nitrogens is 2. The Morgan fingerprint density at radius 2 is 1.46 bits per heavy atom. The number of nitrogens with zero attached hydrogens (tertiary/aromatic N) is 2. The van der Waals surface area contributed by atoms with Crippen molar-refractivity contribution in [3.05, 3.63) is 62.7 Å². The number of rotatable bonds is 1. The van der Waals surface area contributed by atoms with E-state index in [1.807, 2.05) is 27.7 Å². The lowest BCUT2D eigenvalue weighted by atomic mass is 9.44. The van der Waals surface area contributed by atoms with Crippen LogP contribution in [-0.4, -0.2) is 100 Å². The second-order valence-corrected chi connectivity index (χ2v) is 25.0. The van der Waals surface area contributed by atoms with E-state index in [-0.39, 0.29) is 47.5 Å². The summed E-state index contributed by atoms with van der Waals surface area (Å²) in [5.41, 5.74) is 5.86. The van der Waals surface area contributed by atoms with Gasteiger partial charge in [0.2, 0.25) is 11.6 Å². The highest BCUT2D eigenvalue weighted by molar-refractivity contribution is 5.60. The first-order valence-electron chi connectivity index (χ1n) is 25.2. The molecule has 7 aliphatic carbocycles. The molecular formula is C53H70N2O10. The van der Waals surface area contributed by atoms with Gasteiger partial charge in [-0.15, -0.1) is 0 Å². The first kappa shape index (κ1) is 42.6. The molecule has 2 spiro atoms. The molecule has 1 aromatic heterocycles. The Morgan fingerprint density at radius 3 is 2.15 bits per heavy atom. The van der Waals surface area contributed by atoms with Gasteiger partial charge >= 0.3 is 0 Å².